The van der Waals surface area contributed by atoms with E-state index in [1.807, 2.05) is 6.92 Å². The van der Waals surface area contributed by atoms with Crippen molar-refractivity contribution in [3.05, 3.63) is 23.8 Å². The van der Waals surface area contributed by atoms with E-state index in [0.29, 0.717) is 12.0 Å². The van der Waals surface area contributed by atoms with Crippen LogP contribution in [0.3, 0.4) is 0 Å². The number of esters is 2. The summed E-state index contributed by atoms with van der Waals surface area (Å²) in [5, 5.41) is 9.68. The first-order valence-corrected chi connectivity index (χ1v) is 12.2. The van der Waals surface area contributed by atoms with Gasteiger partial charge in [-0.1, -0.05) is 54.0 Å². The molecule has 202 valence electrons. The highest BCUT2D eigenvalue weighted by Crippen LogP contribution is 2.37. The minimum atomic E-state index is -1.38. The number of carbonyl (C=O) groups is 4. The van der Waals surface area contributed by atoms with Crippen molar-refractivity contribution in [2.24, 2.45) is 23.5 Å². The summed E-state index contributed by atoms with van der Waals surface area (Å²) in [7, 11) is 0. The zero-order chi connectivity index (χ0) is 27.6. The van der Waals surface area contributed by atoms with Gasteiger partial charge < -0.3 is 29.8 Å². The summed E-state index contributed by atoms with van der Waals surface area (Å²) in [5.74, 6) is -4.70. The molecule has 1 aromatic rings. The normalized spacial score (nSPS) is 14.5. The first-order chi connectivity index (χ1) is 16.8. The van der Waals surface area contributed by atoms with Gasteiger partial charge in [0.2, 0.25) is 0 Å². The van der Waals surface area contributed by atoms with E-state index in [-0.39, 0.29) is 18.1 Å². The number of aliphatic carboxylic acids is 1. The summed E-state index contributed by atoms with van der Waals surface area (Å²) in [6, 6.07) is 3.03. The second kappa shape index (κ2) is 14.4. The Hall–Kier alpha value is -3.14. The minimum Gasteiger partial charge on any atom is -0.480 e. The number of carboxylic acid groups (broad SMARTS) is 1. The number of ether oxygens (including phenoxy) is 4. The van der Waals surface area contributed by atoms with Crippen molar-refractivity contribution < 1.29 is 43.2 Å². The molecule has 0 fully saturated rings. The van der Waals surface area contributed by atoms with Crippen molar-refractivity contribution in [3.8, 4) is 11.5 Å². The third-order valence-corrected chi connectivity index (χ3v) is 5.70. The van der Waals surface area contributed by atoms with Crippen LogP contribution in [0.25, 0.3) is 0 Å². The van der Waals surface area contributed by atoms with E-state index in [4.69, 9.17) is 24.7 Å². The predicted molar refractivity (Wildman–Crippen MR) is 132 cm³/mol. The smallest absolute Gasteiger partial charge is 0.480 e. The van der Waals surface area contributed by atoms with Crippen LogP contribution in [-0.2, 0) is 23.9 Å². The molecule has 3 unspecified atom stereocenters. The van der Waals surface area contributed by atoms with Gasteiger partial charge in [-0.15, -0.1) is 0 Å². The monoisotopic (exact) mass is 509 g/mol. The third-order valence-electron chi connectivity index (χ3n) is 5.70. The van der Waals surface area contributed by atoms with Crippen LogP contribution in [0.4, 0.5) is 4.79 Å². The summed E-state index contributed by atoms with van der Waals surface area (Å²) in [6.45, 7) is 12.1. The molecular formula is C26H39NO9. The maximum atomic E-state index is 12.3. The highest BCUT2D eigenvalue weighted by Gasteiger charge is 2.36. The average Bonchev–Trinajstić information content (AvgIpc) is 2.80. The van der Waals surface area contributed by atoms with Crippen molar-refractivity contribution in [3.63, 3.8) is 0 Å². The van der Waals surface area contributed by atoms with Gasteiger partial charge in [0.25, 0.3) is 0 Å². The van der Waals surface area contributed by atoms with Gasteiger partial charge in [-0.25, -0.2) is 4.79 Å². The first kappa shape index (κ1) is 30.9. The highest BCUT2D eigenvalue weighted by atomic mass is 16.7. The second-order valence-electron chi connectivity index (χ2n) is 9.38. The molecule has 0 aliphatic carbocycles. The lowest BCUT2D eigenvalue weighted by Gasteiger charge is -2.31. The number of carboxylic acids is 1. The van der Waals surface area contributed by atoms with Crippen LogP contribution in [0.2, 0.25) is 0 Å². The molecule has 0 bridgehead atoms. The minimum absolute atomic E-state index is 0.0190. The van der Waals surface area contributed by atoms with E-state index in [9.17, 15) is 24.3 Å². The molecule has 0 heterocycles. The number of carbonyl (C=O) groups excluding carboxylic acids is 3. The number of benzene rings is 1. The van der Waals surface area contributed by atoms with Gasteiger partial charge in [0, 0.05) is 11.8 Å². The second-order valence-corrected chi connectivity index (χ2v) is 9.38. The Bertz CT molecular complexity index is 913. The lowest BCUT2D eigenvalue weighted by atomic mass is 9.79. The predicted octanol–water partition coefficient (Wildman–Crippen LogP) is 4.28. The molecule has 0 aliphatic heterocycles. The van der Waals surface area contributed by atoms with Crippen molar-refractivity contribution in [2.45, 2.75) is 79.4 Å². The molecule has 10 heteroatoms. The zero-order valence-electron chi connectivity index (χ0n) is 22.1. The van der Waals surface area contributed by atoms with Gasteiger partial charge in [-0.2, -0.15) is 0 Å². The largest absolute Gasteiger partial charge is 0.508 e. The lowest BCUT2D eigenvalue weighted by Crippen LogP contribution is -2.42. The molecule has 0 radical (unpaired) electrons. The molecule has 4 atom stereocenters. The van der Waals surface area contributed by atoms with Crippen LogP contribution in [0.1, 0.15) is 72.8 Å². The molecule has 0 aliphatic rings. The molecule has 3 N–H and O–H groups in total. The van der Waals surface area contributed by atoms with E-state index in [2.05, 4.69) is 0 Å². The summed E-state index contributed by atoms with van der Waals surface area (Å²) >= 11 is 0. The number of unbranched alkanes of at least 4 members (excludes halogenated alkanes) is 1. The average molecular weight is 510 g/mol. The SMILES string of the molecule is CCCCOC(=O)OC(C)C(C)C(c1ccc(OC(=O)C(C)C)c(OC(=O)C(C)C)c1)[C@H](N)C(=O)O. The molecule has 0 aromatic heterocycles. The molecule has 0 saturated carbocycles. The molecule has 1 aromatic carbocycles. The fourth-order valence-corrected chi connectivity index (χ4v) is 3.23. The summed E-state index contributed by atoms with van der Waals surface area (Å²) in [4.78, 5) is 48.4. The van der Waals surface area contributed by atoms with Crippen LogP contribution in [-0.4, -0.2) is 47.9 Å². The molecular weight excluding hydrogens is 470 g/mol. The van der Waals surface area contributed by atoms with Gasteiger partial charge in [-0.3, -0.25) is 14.4 Å². The molecule has 0 saturated heterocycles. The van der Waals surface area contributed by atoms with Crippen molar-refractivity contribution in [2.75, 3.05) is 6.61 Å². The molecule has 36 heavy (non-hydrogen) atoms. The number of nitrogens with two attached hydrogens (primary N) is 1. The maximum absolute atomic E-state index is 12.3. The zero-order valence-corrected chi connectivity index (χ0v) is 22.1. The fourth-order valence-electron chi connectivity index (χ4n) is 3.23. The Balaban J connectivity index is 3.37. The Labute approximate surface area is 212 Å². The quantitative estimate of drug-likeness (QED) is 0.224. The Morgan fingerprint density at radius 2 is 1.47 bits per heavy atom. The van der Waals surface area contributed by atoms with Crippen molar-refractivity contribution in [1.82, 2.24) is 0 Å². The van der Waals surface area contributed by atoms with Crippen LogP contribution < -0.4 is 15.2 Å². The van der Waals surface area contributed by atoms with Crippen LogP contribution >= 0.6 is 0 Å². The van der Waals surface area contributed by atoms with E-state index in [1.165, 1.54) is 12.1 Å². The molecule has 0 spiro atoms. The summed E-state index contributed by atoms with van der Waals surface area (Å²) in [5.41, 5.74) is 6.46. The van der Waals surface area contributed by atoms with E-state index in [1.54, 1.807) is 47.6 Å². The summed E-state index contributed by atoms with van der Waals surface area (Å²) < 4.78 is 21.3. The van der Waals surface area contributed by atoms with E-state index < -0.39 is 59.9 Å². The fraction of sp³-hybridized carbons (Fsp3) is 0.615. The van der Waals surface area contributed by atoms with E-state index >= 15 is 0 Å². The lowest BCUT2D eigenvalue weighted by molar-refractivity contribution is -0.140. The van der Waals surface area contributed by atoms with E-state index in [0.717, 1.165) is 6.42 Å². The first-order valence-electron chi connectivity index (χ1n) is 12.2. The van der Waals surface area contributed by atoms with Gasteiger partial charge >= 0.3 is 24.1 Å². The number of hydrogen-bond acceptors (Lipinski definition) is 9. The Kier molecular flexibility index (Phi) is 12.4. The van der Waals surface area contributed by atoms with Crippen LogP contribution in [0.15, 0.2) is 18.2 Å². The topological polar surface area (TPSA) is 151 Å². The maximum Gasteiger partial charge on any atom is 0.508 e. The third kappa shape index (κ3) is 9.14. The molecule has 10 nitrogen and oxygen atoms in total. The van der Waals surface area contributed by atoms with Crippen molar-refractivity contribution >= 4 is 24.1 Å². The Morgan fingerprint density at radius 1 is 0.917 bits per heavy atom. The van der Waals surface area contributed by atoms with Crippen molar-refractivity contribution in [1.29, 1.82) is 0 Å². The van der Waals surface area contributed by atoms with Gasteiger partial charge in [0.15, 0.2) is 11.5 Å². The Morgan fingerprint density at radius 3 is 1.97 bits per heavy atom. The summed E-state index contributed by atoms with van der Waals surface area (Å²) in [6.07, 6.45) is -0.0689. The van der Waals surface area contributed by atoms with Crippen LogP contribution in [0, 0.1) is 17.8 Å². The van der Waals surface area contributed by atoms with Gasteiger partial charge in [0.05, 0.1) is 18.4 Å². The van der Waals surface area contributed by atoms with Gasteiger partial charge in [0.1, 0.15) is 12.1 Å². The van der Waals surface area contributed by atoms with Crippen LogP contribution in [0.5, 0.6) is 11.5 Å². The standard InChI is InChI=1S/C26H39NO9/c1-8-9-12-33-26(32)34-17(7)16(6)21(22(27)23(28)29)18-10-11-19(35-24(30)14(2)3)20(13-18)36-25(31)15(4)5/h10-11,13-17,21-22H,8-9,12,27H2,1-7H3,(H,28,29)/t16?,17?,21?,22-/m0/s1. The number of hydrogen-bond donors (Lipinski definition) is 2. The van der Waals surface area contributed by atoms with Gasteiger partial charge in [-0.05, 0) is 31.0 Å². The molecule has 1 rings (SSSR count). The molecule has 0 amide bonds. The number of rotatable bonds is 13. The highest BCUT2D eigenvalue weighted by molar-refractivity contribution is 5.78.